The maximum Gasteiger partial charge on any atom is 0.475 e. The van der Waals surface area contributed by atoms with E-state index in [4.69, 9.17) is 13.6 Å². The minimum atomic E-state index is -3.36. The van der Waals surface area contributed by atoms with E-state index in [1.807, 2.05) is 27.7 Å². The predicted octanol–water partition coefficient (Wildman–Crippen LogP) is 3.76. The highest BCUT2D eigenvalue weighted by Gasteiger charge is 2.30. The quantitative estimate of drug-likeness (QED) is 0.604. The van der Waals surface area contributed by atoms with Crippen LogP contribution in [0.1, 0.15) is 47.5 Å². The molecule has 0 fully saturated rings. The van der Waals surface area contributed by atoms with E-state index in [2.05, 4.69) is 0 Å². The molecule has 1 unspecified atom stereocenters. The Bertz CT molecular complexity index is 192. The van der Waals surface area contributed by atoms with Crippen molar-refractivity contribution in [2.75, 3.05) is 6.61 Å². The van der Waals surface area contributed by atoms with Crippen LogP contribution >= 0.6 is 7.82 Å². The lowest BCUT2D eigenvalue weighted by molar-refractivity contribution is 0.0626. The van der Waals surface area contributed by atoms with Crippen LogP contribution in [0.2, 0.25) is 0 Å². The van der Waals surface area contributed by atoms with Gasteiger partial charge in [-0.15, -0.1) is 0 Å². The van der Waals surface area contributed by atoms with E-state index < -0.39 is 7.82 Å². The van der Waals surface area contributed by atoms with Crippen molar-refractivity contribution in [2.24, 2.45) is 0 Å². The van der Waals surface area contributed by atoms with Gasteiger partial charge in [0.1, 0.15) is 0 Å². The van der Waals surface area contributed by atoms with Crippen molar-refractivity contribution in [1.82, 2.24) is 0 Å². The van der Waals surface area contributed by atoms with Crippen molar-refractivity contribution in [2.45, 2.75) is 59.7 Å². The standard InChI is InChI=1S/C10H23O4P/c1-6-9(4)13-15(11,12-8-3)14-10(5)7-2/h9-10H,6-8H2,1-5H3/t9-,10+,15?. The van der Waals surface area contributed by atoms with Crippen LogP contribution in [0.4, 0.5) is 0 Å². The molecule has 0 aromatic rings. The summed E-state index contributed by atoms with van der Waals surface area (Å²) in [6.07, 6.45) is 1.32. The Morgan fingerprint density at radius 2 is 1.40 bits per heavy atom. The molecule has 0 aromatic carbocycles. The lowest BCUT2D eigenvalue weighted by Crippen LogP contribution is -2.13. The summed E-state index contributed by atoms with van der Waals surface area (Å²) in [5.74, 6) is 0. The number of rotatable bonds is 8. The smallest absolute Gasteiger partial charge is 0.287 e. The molecule has 0 saturated carbocycles. The van der Waals surface area contributed by atoms with Gasteiger partial charge in [-0.05, 0) is 33.6 Å². The van der Waals surface area contributed by atoms with E-state index in [9.17, 15) is 4.57 Å². The van der Waals surface area contributed by atoms with Crippen LogP contribution in [0.5, 0.6) is 0 Å². The second-order valence-electron chi connectivity index (χ2n) is 3.51. The summed E-state index contributed by atoms with van der Waals surface area (Å²) in [5, 5.41) is 0. The molecule has 92 valence electrons. The topological polar surface area (TPSA) is 44.8 Å². The Morgan fingerprint density at radius 1 is 1.00 bits per heavy atom. The van der Waals surface area contributed by atoms with Crippen molar-refractivity contribution < 1.29 is 18.1 Å². The van der Waals surface area contributed by atoms with E-state index in [0.29, 0.717) is 6.61 Å². The summed E-state index contributed by atoms with van der Waals surface area (Å²) in [7, 11) is -3.36. The van der Waals surface area contributed by atoms with E-state index >= 15 is 0 Å². The van der Waals surface area contributed by atoms with Crippen LogP contribution in [0.15, 0.2) is 0 Å². The number of phosphoric acid groups is 1. The average Bonchev–Trinajstić information content (AvgIpc) is 2.17. The van der Waals surface area contributed by atoms with E-state index in [-0.39, 0.29) is 12.2 Å². The lowest BCUT2D eigenvalue weighted by atomic mass is 10.3. The van der Waals surface area contributed by atoms with Crippen molar-refractivity contribution >= 4 is 7.82 Å². The molecule has 0 radical (unpaired) electrons. The summed E-state index contributed by atoms with van der Waals surface area (Å²) in [6.45, 7) is 9.72. The van der Waals surface area contributed by atoms with Crippen LogP contribution in [0.25, 0.3) is 0 Å². The summed E-state index contributed by atoms with van der Waals surface area (Å²) in [5.41, 5.74) is 0. The molecular formula is C10H23O4P. The van der Waals surface area contributed by atoms with Gasteiger partial charge in [0.25, 0.3) is 0 Å². The van der Waals surface area contributed by atoms with Gasteiger partial charge in [-0.1, -0.05) is 13.8 Å². The molecule has 15 heavy (non-hydrogen) atoms. The molecule has 0 rings (SSSR count). The average molecular weight is 238 g/mol. The van der Waals surface area contributed by atoms with Crippen LogP contribution in [-0.2, 0) is 18.1 Å². The first kappa shape index (κ1) is 15.1. The van der Waals surface area contributed by atoms with Gasteiger partial charge >= 0.3 is 7.82 Å². The largest absolute Gasteiger partial charge is 0.475 e. The molecule has 0 aliphatic carbocycles. The maximum absolute atomic E-state index is 12.1. The molecule has 0 aliphatic heterocycles. The third-order valence-corrected chi connectivity index (χ3v) is 3.87. The number of phosphoric ester groups is 1. The Kier molecular flexibility index (Phi) is 7.45. The molecule has 0 saturated heterocycles. The van der Waals surface area contributed by atoms with Gasteiger partial charge in [0.2, 0.25) is 0 Å². The fourth-order valence-corrected chi connectivity index (χ4v) is 2.50. The number of hydrogen-bond donors (Lipinski definition) is 0. The Hall–Kier alpha value is 0.110. The van der Waals surface area contributed by atoms with Gasteiger partial charge < -0.3 is 0 Å². The highest BCUT2D eigenvalue weighted by atomic mass is 31.2. The van der Waals surface area contributed by atoms with Crippen molar-refractivity contribution in [3.8, 4) is 0 Å². The Morgan fingerprint density at radius 3 is 1.67 bits per heavy atom. The highest BCUT2D eigenvalue weighted by molar-refractivity contribution is 7.48. The third-order valence-electron chi connectivity index (χ3n) is 2.06. The number of hydrogen-bond acceptors (Lipinski definition) is 4. The molecular weight excluding hydrogens is 215 g/mol. The van der Waals surface area contributed by atoms with Crippen molar-refractivity contribution in [1.29, 1.82) is 0 Å². The van der Waals surface area contributed by atoms with Gasteiger partial charge in [0.15, 0.2) is 0 Å². The van der Waals surface area contributed by atoms with Crippen LogP contribution in [0.3, 0.4) is 0 Å². The minimum absolute atomic E-state index is 0.119. The maximum atomic E-state index is 12.1. The zero-order chi connectivity index (χ0) is 11.9. The van der Waals surface area contributed by atoms with Crippen molar-refractivity contribution in [3.63, 3.8) is 0 Å². The van der Waals surface area contributed by atoms with Gasteiger partial charge in [0.05, 0.1) is 18.8 Å². The highest BCUT2D eigenvalue weighted by Crippen LogP contribution is 2.52. The van der Waals surface area contributed by atoms with Crippen LogP contribution in [-0.4, -0.2) is 18.8 Å². The molecule has 0 N–H and O–H groups in total. The van der Waals surface area contributed by atoms with E-state index in [0.717, 1.165) is 12.8 Å². The molecule has 0 bridgehead atoms. The van der Waals surface area contributed by atoms with Crippen LogP contribution < -0.4 is 0 Å². The molecule has 5 heteroatoms. The molecule has 0 aromatic heterocycles. The first-order valence-electron chi connectivity index (χ1n) is 5.58. The minimum Gasteiger partial charge on any atom is -0.287 e. The summed E-state index contributed by atoms with van der Waals surface area (Å²) in [6, 6.07) is 0. The van der Waals surface area contributed by atoms with Gasteiger partial charge in [0, 0.05) is 0 Å². The van der Waals surface area contributed by atoms with Gasteiger partial charge in [-0.25, -0.2) is 4.57 Å². The SMILES string of the molecule is CCOP(=O)(O[C@H](C)CC)O[C@@H](C)CC. The molecule has 0 amide bonds. The fraction of sp³-hybridized carbons (Fsp3) is 1.00. The van der Waals surface area contributed by atoms with Crippen molar-refractivity contribution in [3.05, 3.63) is 0 Å². The first-order chi connectivity index (χ1) is 6.97. The predicted molar refractivity (Wildman–Crippen MR) is 60.9 cm³/mol. The second kappa shape index (κ2) is 7.39. The summed E-state index contributed by atoms with van der Waals surface area (Å²) >= 11 is 0. The lowest BCUT2D eigenvalue weighted by Gasteiger charge is -2.23. The zero-order valence-electron chi connectivity index (χ0n) is 10.4. The Balaban J connectivity index is 4.37. The normalized spacial score (nSPS) is 19.5. The first-order valence-corrected chi connectivity index (χ1v) is 7.04. The monoisotopic (exact) mass is 238 g/mol. The third kappa shape index (κ3) is 6.31. The van der Waals surface area contributed by atoms with Gasteiger partial charge in [-0.3, -0.25) is 13.6 Å². The summed E-state index contributed by atoms with van der Waals surface area (Å²) in [4.78, 5) is 0. The molecule has 0 spiro atoms. The second-order valence-corrected chi connectivity index (χ2v) is 5.09. The zero-order valence-corrected chi connectivity index (χ0v) is 11.3. The van der Waals surface area contributed by atoms with Gasteiger partial charge in [-0.2, -0.15) is 0 Å². The molecule has 0 heterocycles. The van der Waals surface area contributed by atoms with E-state index in [1.54, 1.807) is 6.92 Å². The summed E-state index contributed by atoms with van der Waals surface area (Å²) < 4.78 is 27.8. The molecule has 4 nitrogen and oxygen atoms in total. The van der Waals surface area contributed by atoms with Crippen LogP contribution in [0, 0.1) is 0 Å². The molecule has 3 atom stereocenters. The Labute approximate surface area is 92.9 Å². The van der Waals surface area contributed by atoms with E-state index in [1.165, 1.54) is 0 Å². The fourth-order valence-electron chi connectivity index (χ4n) is 0.834. The molecule has 0 aliphatic rings.